The minimum absolute atomic E-state index is 0.00769. The molecule has 9 nitrogen and oxygen atoms in total. The lowest BCUT2D eigenvalue weighted by molar-refractivity contribution is -0.384. The number of thiocarbonyl (C=S) groups is 1. The fourth-order valence-corrected chi connectivity index (χ4v) is 2.40. The standard InChI is InChI=1S/C11H8Cl2N6O3S/c1-4-8(10(20)18(17-4)11(14)23)15-16-9-6(12)2-5(19(21)22)3-7(9)13/h2-3,8H,1H3,(H2,14,23)/t8-/m0/s1. The van der Waals surface area contributed by atoms with Gasteiger partial charge in [-0.1, -0.05) is 23.2 Å². The molecule has 0 aliphatic carbocycles. The van der Waals surface area contributed by atoms with Crippen molar-refractivity contribution in [3.8, 4) is 0 Å². The first-order chi connectivity index (χ1) is 10.7. The first-order valence-electron chi connectivity index (χ1n) is 5.95. The van der Waals surface area contributed by atoms with Gasteiger partial charge in [-0.25, -0.2) is 0 Å². The lowest BCUT2D eigenvalue weighted by atomic mass is 10.2. The Balaban J connectivity index is 2.31. The second-order valence-electron chi connectivity index (χ2n) is 4.36. The van der Waals surface area contributed by atoms with E-state index in [0.717, 1.165) is 17.1 Å². The smallest absolute Gasteiger partial charge is 0.282 e. The molecule has 1 aliphatic heterocycles. The zero-order valence-electron chi connectivity index (χ0n) is 11.4. The Bertz CT molecular complexity index is 758. The van der Waals surface area contributed by atoms with Crippen LogP contribution >= 0.6 is 35.4 Å². The average Bonchev–Trinajstić information content (AvgIpc) is 2.73. The third kappa shape index (κ3) is 3.44. The summed E-state index contributed by atoms with van der Waals surface area (Å²) in [4.78, 5) is 22.1. The van der Waals surface area contributed by atoms with Crippen LogP contribution in [0.15, 0.2) is 27.5 Å². The van der Waals surface area contributed by atoms with Gasteiger partial charge in [0, 0.05) is 12.1 Å². The Morgan fingerprint density at radius 2 is 2.04 bits per heavy atom. The molecule has 2 rings (SSSR count). The van der Waals surface area contributed by atoms with Crippen molar-refractivity contribution < 1.29 is 9.72 Å². The van der Waals surface area contributed by atoms with Crippen LogP contribution in [0.4, 0.5) is 11.4 Å². The summed E-state index contributed by atoms with van der Waals surface area (Å²) < 4.78 is 0. The predicted octanol–water partition coefficient (Wildman–Crippen LogP) is 2.82. The Kier molecular flexibility index (Phi) is 4.88. The molecule has 12 heteroatoms. The van der Waals surface area contributed by atoms with Crippen molar-refractivity contribution in [3.05, 3.63) is 32.3 Å². The highest BCUT2D eigenvalue weighted by Gasteiger charge is 2.35. The predicted molar refractivity (Wildman–Crippen MR) is 88.2 cm³/mol. The van der Waals surface area contributed by atoms with Gasteiger partial charge >= 0.3 is 0 Å². The highest BCUT2D eigenvalue weighted by molar-refractivity contribution is 7.80. The maximum Gasteiger partial charge on any atom is 0.282 e. The van der Waals surface area contributed by atoms with E-state index >= 15 is 0 Å². The monoisotopic (exact) mass is 374 g/mol. The maximum absolute atomic E-state index is 12.0. The summed E-state index contributed by atoms with van der Waals surface area (Å²) in [7, 11) is 0. The lowest BCUT2D eigenvalue weighted by Crippen LogP contribution is -2.37. The number of carbonyl (C=O) groups excluding carboxylic acids is 1. The summed E-state index contributed by atoms with van der Waals surface area (Å²) in [6, 6.07) is 1.15. The number of hydrogen-bond donors (Lipinski definition) is 1. The molecule has 0 spiro atoms. The summed E-state index contributed by atoms with van der Waals surface area (Å²) in [6.07, 6.45) is 0. The zero-order valence-corrected chi connectivity index (χ0v) is 13.8. The van der Waals surface area contributed by atoms with Gasteiger partial charge in [0.2, 0.25) is 0 Å². The molecule has 1 heterocycles. The van der Waals surface area contributed by atoms with Gasteiger partial charge in [-0.2, -0.15) is 20.3 Å². The number of nitrogens with two attached hydrogens (primary N) is 1. The molecule has 1 aliphatic rings. The molecular formula is C11H8Cl2N6O3S. The van der Waals surface area contributed by atoms with Crippen LogP contribution in [0.25, 0.3) is 0 Å². The van der Waals surface area contributed by atoms with Crippen molar-refractivity contribution in [3.63, 3.8) is 0 Å². The Hall–Kier alpha value is -2.17. The second kappa shape index (κ2) is 6.52. The third-order valence-electron chi connectivity index (χ3n) is 2.79. The number of nitro benzene ring substituents is 1. The number of hydrogen-bond acceptors (Lipinski definition) is 7. The minimum atomic E-state index is -1.01. The fourth-order valence-electron chi connectivity index (χ4n) is 1.72. The van der Waals surface area contributed by atoms with E-state index in [4.69, 9.17) is 41.2 Å². The molecule has 1 aromatic rings. The number of non-ortho nitro benzene ring substituents is 1. The number of nitro groups is 1. The topological polar surface area (TPSA) is 127 Å². The first kappa shape index (κ1) is 17.2. The number of azo groups is 1. The number of carbonyl (C=O) groups is 1. The summed E-state index contributed by atoms with van der Waals surface area (Å²) in [5, 5.41) is 22.7. The second-order valence-corrected chi connectivity index (χ2v) is 5.60. The lowest BCUT2D eigenvalue weighted by Gasteiger charge is -2.08. The highest BCUT2D eigenvalue weighted by Crippen LogP contribution is 2.37. The van der Waals surface area contributed by atoms with Crippen LogP contribution in [0.1, 0.15) is 6.92 Å². The molecule has 1 aromatic carbocycles. The quantitative estimate of drug-likeness (QED) is 0.376. The SMILES string of the molecule is CC1=NN(C(N)=S)C(=O)[C@H]1N=Nc1c(Cl)cc([N+](=O)[O-])cc1Cl. The zero-order chi connectivity index (χ0) is 17.3. The van der Waals surface area contributed by atoms with E-state index in [1.54, 1.807) is 6.92 Å². The molecule has 0 fully saturated rings. The minimum Gasteiger partial charge on any atom is -0.374 e. The number of halogens is 2. The molecule has 0 radical (unpaired) electrons. The van der Waals surface area contributed by atoms with Crippen LogP contribution < -0.4 is 5.73 Å². The van der Waals surface area contributed by atoms with Crippen LogP contribution in [-0.2, 0) is 4.79 Å². The van der Waals surface area contributed by atoms with E-state index in [1.807, 2.05) is 0 Å². The highest BCUT2D eigenvalue weighted by atomic mass is 35.5. The van der Waals surface area contributed by atoms with Gasteiger partial charge in [-0.15, -0.1) is 0 Å². The average molecular weight is 375 g/mol. The van der Waals surface area contributed by atoms with Gasteiger partial charge in [0.1, 0.15) is 5.69 Å². The van der Waals surface area contributed by atoms with E-state index in [-0.39, 0.29) is 26.5 Å². The molecule has 0 aromatic heterocycles. The van der Waals surface area contributed by atoms with Crippen molar-refractivity contribution in [1.82, 2.24) is 5.01 Å². The largest absolute Gasteiger partial charge is 0.374 e. The van der Waals surface area contributed by atoms with Crippen molar-refractivity contribution in [2.45, 2.75) is 13.0 Å². The first-order valence-corrected chi connectivity index (χ1v) is 7.11. The van der Waals surface area contributed by atoms with E-state index in [1.165, 1.54) is 0 Å². The van der Waals surface area contributed by atoms with Crippen molar-refractivity contribution >= 4 is 63.5 Å². The molecule has 0 saturated heterocycles. The van der Waals surface area contributed by atoms with Crippen LogP contribution in [0.2, 0.25) is 10.0 Å². The number of benzene rings is 1. The number of hydrazone groups is 1. The summed E-state index contributed by atoms with van der Waals surface area (Å²) in [5.41, 5.74) is 5.42. The van der Waals surface area contributed by atoms with Crippen LogP contribution in [0, 0.1) is 10.1 Å². The molecule has 0 saturated carbocycles. The fraction of sp³-hybridized carbons (Fsp3) is 0.182. The Morgan fingerprint density at radius 3 is 2.48 bits per heavy atom. The van der Waals surface area contributed by atoms with E-state index < -0.39 is 16.9 Å². The molecule has 0 bridgehead atoms. The molecule has 1 amide bonds. The van der Waals surface area contributed by atoms with Crippen molar-refractivity contribution in [2.75, 3.05) is 0 Å². The maximum atomic E-state index is 12.0. The number of nitrogens with zero attached hydrogens (tertiary/aromatic N) is 5. The molecule has 23 heavy (non-hydrogen) atoms. The Labute approximate surface area is 144 Å². The van der Waals surface area contributed by atoms with Crippen molar-refractivity contribution in [2.24, 2.45) is 21.1 Å². The molecular weight excluding hydrogens is 367 g/mol. The third-order valence-corrected chi connectivity index (χ3v) is 3.54. The summed E-state index contributed by atoms with van der Waals surface area (Å²) in [5.74, 6) is -0.562. The van der Waals surface area contributed by atoms with Crippen molar-refractivity contribution in [1.29, 1.82) is 0 Å². The summed E-state index contributed by atoms with van der Waals surface area (Å²) >= 11 is 16.5. The van der Waals surface area contributed by atoms with Crippen LogP contribution in [0.5, 0.6) is 0 Å². The molecule has 2 N–H and O–H groups in total. The Morgan fingerprint density at radius 1 is 1.48 bits per heavy atom. The van der Waals surface area contributed by atoms with Crippen LogP contribution in [0.3, 0.4) is 0 Å². The van der Waals surface area contributed by atoms with Gasteiger partial charge in [-0.3, -0.25) is 14.9 Å². The van der Waals surface area contributed by atoms with E-state index in [0.29, 0.717) is 5.71 Å². The number of rotatable bonds is 3. The molecule has 120 valence electrons. The van der Waals surface area contributed by atoms with Gasteiger partial charge in [0.05, 0.1) is 20.7 Å². The van der Waals surface area contributed by atoms with Gasteiger partial charge in [-0.05, 0) is 19.1 Å². The molecule has 0 unspecified atom stereocenters. The van der Waals surface area contributed by atoms with E-state index in [2.05, 4.69) is 15.3 Å². The summed E-state index contributed by atoms with van der Waals surface area (Å²) in [6.45, 7) is 1.55. The normalized spacial score (nSPS) is 17.7. The van der Waals surface area contributed by atoms with E-state index in [9.17, 15) is 14.9 Å². The van der Waals surface area contributed by atoms with Crippen LogP contribution in [-0.4, -0.2) is 32.7 Å². The van der Waals surface area contributed by atoms with Gasteiger partial charge in [0.15, 0.2) is 11.2 Å². The molecule has 1 atom stereocenters. The number of amides is 1. The van der Waals surface area contributed by atoms with Gasteiger partial charge in [0.25, 0.3) is 11.6 Å². The van der Waals surface area contributed by atoms with Gasteiger partial charge < -0.3 is 5.73 Å².